The maximum Gasteiger partial charge on any atom is 0.343 e. The fourth-order valence-corrected chi connectivity index (χ4v) is 2.60. The van der Waals surface area contributed by atoms with Crippen molar-refractivity contribution in [1.82, 2.24) is 5.43 Å². The smallest absolute Gasteiger partial charge is 0.343 e. The van der Waals surface area contributed by atoms with E-state index in [1.807, 2.05) is 0 Å². The van der Waals surface area contributed by atoms with Crippen molar-refractivity contribution in [3.05, 3.63) is 104 Å². The Morgan fingerprint density at radius 3 is 2.13 bits per heavy atom. The van der Waals surface area contributed by atoms with Crippen LogP contribution in [-0.4, -0.2) is 23.0 Å². The lowest BCUT2D eigenvalue weighted by Crippen LogP contribution is -2.17. The van der Waals surface area contributed by atoms with Gasteiger partial charge in [0.2, 0.25) is 0 Å². The standard InChI is InChI=1S/C21H14BrN3O5/c22-17-7-3-16(4-8-17)21(27)30-19-11-1-14(2-12-19)13-23-24-20(26)15-5-9-18(10-6-15)25(28)29/h1-13H,(H,24,26). The Balaban J connectivity index is 1.55. The van der Waals surface area contributed by atoms with E-state index in [9.17, 15) is 19.7 Å². The molecular weight excluding hydrogens is 454 g/mol. The molecule has 0 aliphatic rings. The molecule has 3 rings (SSSR count). The Morgan fingerprint density at radius 2 is 1.53 bits per heavy atom. The SMILES string of the molecule is O=C(NN=Cc1ccc(OC(=O)c2ccc(Br)cc2)cc1)c1ccc([N+](=O)[O-])cc1. The first-order valence-electron chi connectivity index (χ1n) is 8.58. The Bertz CT molecular complexity index is 1090. The highest BCUT2D eigenvalue weighted by Crippen LogP contribution is 2.16. The van der Waals surface area contributed by atoms with Crippen molar-refractivity contribution in [3.8, 4) is 5.75 Å². The predicted octanol–water partition coefficient (Wildman–Crippen LogP) is 4.34. The average Bonchev–Trinajstić information content (AvgIpc) is 2.75. The Hall–Kier alpha value is -3.85. The molecule has 9 heteroatoms. The molecule has 0 saturated carbocycles. The number of carbonyl (C=O) groups excluding carboxylic acids is 2. The largest absolute Gasteiger partial charge is 0.423 e. The van der Waals surface area contributed by atoms with Crippen molar-refractivity contribution >= 4 is 39.7 Å². The van der Waals surface area contributed by atoms with Crippen molar-refractivity contribution in [2.75, 3.05) is 0 Å². The molecule has 1 amide bonds. The first kappa shape index (κ1) is 20.9. The lowest BCUT2D eigenvalue weighted by molar-refractivity contribution is -0.384. The number of ether oxygens (including phenoxy) is 1. The van der Waals surface area contributed by atoms with Crippen molar-refractivity contribution in [1.29, 1.82) is 0 Å². The van der Waals surface area contributed by atoms with Crippen LogP contribution in [0.4, 0.5) is 5.69 Å². The highest BCUT2D eigenvalue weighted by molar-refractivity contribution is 9.10. The summed E-state index contributed by atoms with van der Waals surface area (Å²) in [5.41, 5.74) is 3.58. The molecule has 0 spiro atoms. The number of carbonyl (C=O) groups is 2. The van der Waals surface area contributed by atoms with Gasteiger partial charge in [-0.15, -0.1) is 0 Å². The zero-order valence-electron chi connectivity index (χ0n) is 15.3. The number of nitrogens with one attached hydrogen (secondary N) is 1. The van der Waals surface area contributed by atoms with Gasteiger partial charge in [-0.3, -0.25) is 14.9 Å². The number of rotatable bonds is 6. The average molecular weight is 468 g/mol. The van der Waals surface area contributed by atoms with Crippen LogP contribution in [0.2, 0.25) is 0 Å². The summed E-state index contributed by atoms with van der Waals surface area (Å²) in [5, 5.41) is 14.5. The Morgan fingerprint density at radius 1 is 0.933 bits per heavy atom. The van der Waals surface area contributed by atoms with E-state index in [1.54, 1.807) is 48.5 Å². The lowest BCUT2D eigenvalue weighted by Gasteiger charge is -2.05. The second-order valence-corrected chi connectivity index (χ2v) is 6.88. The molecule has 0 radical (unpaired) electrons. The molecule has 0 aliphatic heterocycles. The number of esters is 1. The van der Waals surface area contributed by atoms with Crippen LogP contribution in [-0.2, 0) is 0 Å². The van der Waals surface area contributed by atoms with E-state index in [2.05, 4.69) is 26.5 Å². The second kappa shape index (κ2) is 9.57. The monoisotopic (exact) mass is 467 g/mol. The minimum absolute atomic E-state index is 0.101. The van der Waals surface area contributed by atoms with E-state index in [1.165, 1.54) is 30.5 Å². The summed E-state index contributed by atoms with van der Waals surface area (Å²) in [6.45, 7) is 0. The molecule has 3 aromatic carbocycles. The zero-order chi connectivity index (χ0) is 21.5. The fourth-order valence-electron chi connectivity index (χ4n) is 2.34. The number of hydrogen-bond donors (Lipinski definition) is 1. The van der Waals surface area contributed by atoms with Crippen molar-refractivity contribution < 1.29 is 19.2 Å². The number of nitrogens with zero attached hydrogens (tertiary/aromatic N) is 2. The number of non-ortho nitro benzene ring substituents is 1. The van der Waals surface area contributed by atoms with Crippen LogP contribution in [0.5, 0.6) is 5.75 Å². The lowest BCUT2D eigenvalue weighted by atomic mass is 10.2. The van der Waals surface area contributed by atoms with Crippen LogP contribution in [0.1, 0.15) is 26.3 Å². The van der Waals surface area contributed by atoms with Crippen LogP contribution in [0, 0.1) is 10.1 Å². The van der Waals surface area contributed by atoms with Gasteiger partial charge in [0.15, 0.2) is 0 Å². The molecule has 0 heterocycles. The number of nitro benzene ring substituents is 1. The van der Waals surface area contributed by atoms with Gasteiger partial charge in [0.1, 0.15) is 5.75 Å². The maximum absolute atomic E-state index is 12.1. The third kappa shape index (κ3) is 5.58. The molecule has 0 saturated heterocycles. The number of amides is 1. The molecule has 0 aliphatic carbocycles. The third-order valence-electron chi connectivity index (χ3n) is 3.89. The summed E-state index contributed by atoms with van der Waals surface area (Å²) >= 11 is 3.30. The number of benzene rings is 3. The van der Waals surface area contributed by atoms with E-state index in [4.69, 9.17) is 4.74 Å². The van der Waals surface area contributed by atoms with Crippen molar-refractivity contribution in [2.24, 2.45) is 5.10 Å². The number of hydrogen-bond acceptors (Lipinski definition) is 6. The second-order valence-electron chi connectivity index (χ2n) is 5.97. The molecular formula is C21H14BrN3O5. The summed E-state index contributed by atoms with van der Waals surface area (Å²) in [7, 11) is 0. The Labute approximate surface area is 179 Å². The molecule has 8 nitrogen and oxygen atoms in total. The first-order chi connectivity index (χ1) is 14.4. The number of hydrazone groups is 1. The zero-order valence-corrected chi connectivity index (χ0v) is 16.9. The highest BCUT2D eigenvalue weighted by atomic mass is 79.9. The van der Waals surface area contributed by atoms with Gasteiger partial charge in [0.25, 0.3) is 11.6 Å². The summed E-state index contributed by atoms with van der Waals surface area (Å²) in [6.07, 6.45) is 1.42. The van der Waals surface area contributed by atoms with Gasteiger partial charge in [-0.1, -0.05) is 15.9 Å². The van der Waals surface area contributed by atoms with Crippen molar-refractivity contribution in [3.63, 3.8) is 0 Å². The predicted molar refractivity (Wildman–Crippen MR) is 114 cm³/mol. The summed E-state index contributed by atoms with van der Waals surface area (Å²) < 4.78 is 6.17. The van der Waals surface area contributed by atoms with Crippen LogP contribution in [0.15, 0.2) is 82.4 Å². The van der Waals surface area contributed by atoms with E-state index in [0.717, 1.165) is 4.47 Å². The molecule has 3 aromatic rings. The van der Waals surface area contributed by atoms with E-state index < -0.39 is 16.8 Å². The van der Waals surface area contributed by atoms with E-state index in [0.29, 0.717) is 16.9 Å². The molecule has 0 atom stereocenters. The molecule has 0 bridgehead atoms. The van der Waals surface area contributed by atoms with E-state index in [-0.39, 0.29) is 11.3 Å². The minimum atomic E-state index is -0.542. The highest BCUT2D eigenvalue weighted by Gasteiger charge is 2.09. The summed E-state index contributed by atoms with van der Waals surface area (Å²) in [6, 6.07) is 18.5. The van der Waals surface area contributed by atoms with Gasteiger partial charge >= 0.3 is 5.97 Å². The van der Waals surface area contributed by atoms with Gasteiger partial charge in [-0.05, 0) is 66.2 Å². The molecule has 30 heavy (non-hydrogen) atoms. The van der Waals surface area contributed by atoms with Gasteiger partial charge in [0, 0.05) is 22.2 Å². The number of nitro groups is 1. The normalized spacial score (nSPS) is 10.6. The fraction of sp³-hybridized carbons (Fsp3) is 0. The molecule has 0 unspecified atom stereocenters. The van der Waals surface area contributed by atoms with Gasteiger partial charge < -0.3 is 4.74 Å². The summed E-state index contributed by atoms with van der Waals surface area (Å²) in [4.78, 5) is 34.2. The van der Waals surface area contributed by atoms with Gasteiger partial charge in [0.05, 0.1) is 16.7 Å². The number of halogens is 1. The molecule has 0 fully saturated rings. The quantitative estimate of drug-likeness (QED) is 0.190. The van der Waals surface area contributed by atoms with Crippen LogP contribution < -0.4 is 10.2 Å². The van der Waals surface area contributed by atoms with Crippen LogP contribution >= 0.6 is 15.9 Å². The minimum Gasteiger partial charge on any atom is -0.423 e. The topological polar surface area (TPSA) is 111 Å². The molecule has 0 aromatic heterocycles. The first-order valence-corrected chi connectivity index (χ1v) is 9.37. The van der Waals surface area contributed by atoms with Gasteiger partial charge in [-0.25, -0.2) is 10.2 Å². The molecule has 150 valence electrons. The Kier molecular flexibility index (Phi) is 6.66. The van der Waals surface area contributed by atoms with Crippen LogP contribution in [0.25, 0.3) is 0 Å². The van der Waals surface area contributed by atoms with Gasteiger partial charge in [-0.2, -0.15) is 5.10 Å². The maximum atomic E-state index is 12.1. The third-order valence-corrected chi connectivity index (χ3v) is 4.42. The van der Waals surface area contributed by atoms with Crippen LogP contribution in [0.3, 0.4) is 0 Å². The van der Waals surface area contributed by atoms with E-state index >= 15 is 0 Å². The molecule has 1 N–H and O–H groups in total. The summed E-state index contributed by atoms with van der Waals surface area (Å²) in [5.74, 6) is -0.601. The van der Waals surface area contributed by atoms with Crippen molar-refractivity contribution in [2.45, 2.75) is 0 Å².